The molecule has 2 nitrogen and oxygen atoms in total. The van der Waals surface area contributed by atoms with E-state index in [1.807, 2.05) is 11.3 Å². The minimum Gasteiger partial charge on any atom is -0.311 e. The third-order valence-corrected chi connectivity index (χ3v) is 7.33. The topological polar surface area (TPSA) is 24.9 Å². The van der Waals surface area contributed by atoms with E-state index in [1.165, 1.54) is 49.2 Å². The van der Waals surface area contributed by atoms with Gasteiger partial charge in [-0.15, -0.1) is 11.3 Å². The van der Waals surface area contributed by atoms with Crippen LogP contribution in [-0.4, -0.2) is 11.5 Å². The Hall–Kier alpha value is -0.410. The molecule has 5 rings (SSSR count). The SMILES string of the molecule is CCNCc1csc(C23CC4CC(C)(CC(C)(C4)C2)C3)n1. The maximum absolute atomic E-state index is 5.06. The van der Waals surface area contributed by atoms with Gasteiger partial charge in [0.2, 0.25) is 0 Å². The van der Waals surface area contributed by atoms with E-state index in [2.05, 4.69) is 31.5 Å². The lowest BCUT2D eigenvalue weighted by atomic mass is 9.40. The van der Waals surface area contributed by atoms with Crippen molar-refractivity contribution in [1.82, 2.24) is 10.3 Å². The smallest absolute Gasteiger partial charge is 0.0991 e. The molecule has 3 heteroatoms. The van der Waals surface area contributed by atoms with Gasteiger partial charge in [-0.2, -0.15) is 0 Å². The quantitative estimate of drug-likeness (QED) is 0.886. The third-order valence-electron chi connectivity index (χ3n) is 6.19. The van der Waals surface area contributed by atoms with Gasteiger partial charge in [-0.05, 0) is 61.8 Å². The highest BCUT2D eigenvalue weighted by Crippen LogP contribution is 2.69. The summed E-state index contributed by atoms with van der Waals surface area (Å²) >= 11 is 1.93. The van der Waals surface area contributed by atoms with Gasteiger partial charge in [0.1, 0.15) is 0 Å². The fourth-order valence-electron chi connectivity index (χ4n) is 6.57. The highest BCUT2D eigenvalue weighted by atomic mass is 32.1. The van der Waals surface area contributed by atoms with Crippen molar-refractivity contribution in [3.05, 3.63) is 16.1 Å². The highest BCUT2D eigenvalue weighted by Gasteiger charge is 2.61. The van der Waals surface area contributed by atoms with Gasteiger partial charge in [-0.1, -0.05) is 20.8 Å². The Morgan fingerprint density at radius 1 is 1.19 bits per heavy atom. The van der Waals surface area contributed by atoms with E-state index in [0.29, 0.717) is 16.2 Å². The zero-order chi connectivity index (χ0) is 14.7. The van der Waals surface area contributed by atoms with E-state index >= 15 is 0 Å². The monoisotopic (exact) mass is 304 g/mol. The molecule has 0 radical (unpaired) electrons. The first-order chi connectivity index (χ1) is 9.94. The number of thiazole rings is 1. The summed E-state index contributed by atoms with van der Waals surface area (Å²) in [5.74, 6) is 0.956. The summed E-state index contributed by atoms with van der Waals surface area (Å²) in [5, 5.41) is 7.16. The zero-order valence-electron chi connectivity index (χ0n) is 13.7. The molecule has 21 heavy (non-hydrogen) atoms. The number of aromatic nitrogens is 1. The largest absolute Gasteiger partial charge is 0.311 e. The van der Waals surface area contributed by atoms with Crippen LogP contribution in [0.4, 0.5) is 0 Å². The van der Waals surface area contributed by atoms with Crippen LogP contribution >= 0.6 is 11.3 Å². The fourth-order valence-corrected chi connectivity index (χ4v) is 7.60. The molecule has 4 saturated carbocycles. The molecule has 0 saturated heterocycles. The molecule has 1 aromatic heterocycles. The molecule has 1 aromatic rings. The second-order valence-corrected chi connectivity index (χ2v) is 9.69. The van der Waals surface area contributed by atoms with Crippen molar-refractivity contribution in [1.29, 1.82) is 0 Å². The molecule has 0 amide bonds. The van der Waals surface area contributed by atoms with E-state index in [0.717, 1.165) is 19.0 Å². The highest BCUT2D eigenvalue weighted by molar-refractivity contribution is 7.09. The van der Waals surface area contributed by atoms with E-state index in [1.54, 1.807) is 0 Å². The Balaban J connectivity index is 1.66. The van der Waals surface area contributed by atoms with Crippen LogP contribution < -0.4 is 5.32 Å². The van der Waals surface area contributed by atoms with Gasteiger partial charge in [-0.25, -0.2) is 4.98 Å². The molecule has 116 valence electrons. The van der Waals surface area contributed by atoms with Crippen LogP contribution in [0.2, 0.25) is 0 Å². The molecule has 4 aliphatic rings. The first kappa shape index (κ1) is 14.2. The minimum absolute atomic E-state index is 0.415. The van der Waals surface area contributed by atoms with E-state index < -0.39 is 0 Å². The van der Waals surface area contributed by atoms with Crippen LogP contribution in [0, 0.1) is 16.7 Å². The van der Waals surface area contributed by atoms with Crippen molar-refractivity contribution >= 4 is 11.3 Å². The molecule has 4 aliphatic carbocycles. The molecule has 4 fully saturated rings. The third kappa shape index (κ3) is 2.28. The van der Waals surface area contributed by atoms with Crippen molar-refractivity contribution in [3.63, 3.8) is 0 Å². The maximum Gasteiger partial charge on any atom is 0.0991 e. The predicted octanol–water partition coefficient (Wildman–Crippen LogP) is 4.50. The lowest BCUT2D eigenvalue weighted by Gasteiger charge is -2.64. The summed E-state index contributed by atoms with van der Waals surface area (Å²) in [6.07, 6.45) is 8.58. The summed E-state index contributed by atoms with van der Waals surface area (Å²) in [7, 11) is 0. The van der Waals surface area contributed by atoms with Gasteiger partial charge in [0.25, 0.3) is 0 Å². The molecule has 1 N–H and O–H groups in total. The van der Waals surface area contributed by atoms with Gasteiger partial charge >= 0.3 is 0 Å². The Morgan fingerprint density at radius 3 is 2.52 bits per heavy atom. The normalized spacial score (nSPS) is 44.4. The van der Waals surface area contributed by atoms with Crippen LogP contribution in [0.15, 0.2) is 5.38 Å². The minimum atomic E-state index is 0.415. The summed E-state index contributed by atoms with van der Waals surface area (Å²) in [6.45, 7) is 9.22. The van der Waals surface area contributed by atoms with Gasteiger partial charge < -0.3 is 5.32 Å². The lowest BCUT2D eigenvalue weighted by Crippen LogP contribution is -2.56. The molecule has 2 atom stereocenters. The van der Waals surface area contributed by atoms with Crippen LogP contribution in [0.25, 0.3) is 0 Å². The van der Waals surface area contributed by atoms with Gasteiger partial charge in [0.15, 0.2) is 0 Å². The number of nitrogens with zero attached hydrogens (tertiary/aromatic N) is 1. The number of rotatable bonds is 4. The van der Waals surface area contributed by atoms with Gasteiger partial charge in [0.05, 0.1) is 10.7 Å². The van der Waals surface area contributed by atoms with E-state index in [-0.39, 0.29) is 0 Å². The average Bonchev–Trinajstić information content (AvgIpc) is 2.81. The number of hydrogen-bond acceptors (Lipinski definition) is 3. The number of hydrogen-bond donors (Lipinski definition) is 1. The first-order valence-corrected chi connectivity index (χ1v) is 9.48. The zero-order valence-corrected chi connectivity index (χ0v) is 14.5. The molecule has 4 bridgehead atoms. The Bertz CT molecular complexity index is 531. The molecular weight excluding hydrogens is 276 g/mol. The standard InChI is InChI=1S/C18H28N2S/c1-4-19-8-14-9-21-15(20-14)18-7-13-5-16(2,11-18)10-17(3,6-13)12-18/h9,13,19H,4-8,10-12H2,1-3H3. The van der Waals surface area contributed by atoms with Crippen molar-refractivity contribution in [2.75, 3.05) is 6.54 Å². The summed E-state index contributed by atoms with van der Waals surface area (Å²) in [4.78, 5) is 5.06. The molecule has 0 aliphatic heterocycles. The lowest BCUT2D eigenvalue weighted by molar-refractivity contribution is -0.110. The summed E-state index contributed by atoms with van der Waals surface area (Å²) in [6, 6.07) is 0. The van der Waals surface area contributed by atoms with Crippen LogP contribution in [0.3, 0.4) is 0 Å². The van der Waals surface area contributed by atoms with Crippen LogP contribution in [0.1, 0.15) is 70.0 Å². The Morgan fingerprint density at radius 2 is 1.90 bits per heavy atom. The van der Waals surface area contributed by atoms with Crippen molar-refractivity contribution < 1.29 is 0 Å². The second-order valence-electron chi connectivity index (χ2n) is 8.83. The Kier molecular flexibility index (Phi) is 3.07. The first-order valence-electron chi connectivity index (χ1n) is 8.60. The molecular formula is C18H28N2S. The molecule has 0 aromatic carbocycles. The van der Waals surface area contributed by atoms with Gasteiger partial charge in [-0.3, -0.25) is 0 Å². The summed E-state index contributed by atoms with van der Waals surface area (Å²) < 4.78 is 0. The molecule has 0 spiro atoms. The van der Waals surface area contributed by atoms with Crippen LogP contribution in [-0.2, 0) is 12.0 Å². The predicted molar refractivity (Wildman–Crippen MR) is 88.6 cm³/mol. The van der Waals surface area contributed by atoms with Crippen LogP contribution in [0.5, 0.6) is 0 Å². The van der Waals surface area contributed by atoms with Gasteiger partial charge in [0, 0.05) is 17.3 Å². The average molecular weight is 305 g/mol. The van der Waals surface area contributed by atoms with Crippen molar-refractivity contribution in [2.24, 2.45) is 16.7 Å². The van der Waals surface area contributed by atoms with Crippen molar-refractivity contribution in [3.8, 4) is 0 Å². The molecule has 1 heterocycles. The van der Waals surface area contributed by atoms with Crippen molar-refractivity contribution in [2.45, 2.75) is 71.3 Å². The molecule has 2 unspecified atom stereocenters. The second kappa shape index (κ2) is 4.55. The Labute approximate surface area is 132 Å². The fraction of sp³-hybridized carbons (Fsp3) is 0.833. The number of nitrogens with one attached hydrogen (secondary N) is 1. The summed E-state index contributed by atoms with van der Waals surface area (Å²) in [5.41, 5.74) is 2.84. The van der Waals surface area contributed by atoms with E-state index in [4.69, 9.17) is 4.98 Å². The maximum atomic E-state index is 5.06. The van der Waals surface area contributed by atoms with E-state index in [9.17, 15) is 0 Å².